The number of carbonyl (C=O) groups is 1. The summed E-state index contributed by atoms with van der Waals surface area (Å²) >= 11 is 0. The SMILES string of the molecule is COc1ccc(C(=O)Nc2nnc(-c3ccc4c(c3)OCCO4)o2)c(OC)c1. The first kappa shape index (κ1) is 17.7. The molecule has 1 aliphatic rings. The number of nitrogens with one attached hydrogen (secondary N) is 1. The van der Waals surface area contributed by atoms with Gasteiger partial charge in [-0.15, -0.1) is 5.10 Å². The van der Waals surface area contributed by atoms with Crippen molar-refractivity contribution in [3.63, 3.8) is 0 Å². The Kier molecular flexibility index (Phi) is 4.71. The van der Waals surface area contributed by atoms with Crippen LogP contribution >= 0.6 is 0 Å². The summed E-state index contributed by atoms with van der Waals surface area (Å²) in [6, 6.07) is 10.1. The van der Waals surface area contributed by atoms with Crippen molar-refractivity contribution in [2.24, 2.45) is 0 Å². The highest BCUT2D eigenvalue weighted by atomic mass is 16.6. The standard InChI is InChI=1S/C19H17N3O6/c1-24-12-4-5-13(15(10-12)25-2)17(23)20-19-22-21-18(28-19)11-3-6-14-16(9-11)27-8-7-26-14/h3-6,9-10H,7-8H2,1-2H3,(H,20,22,23). The Balaban J connectivity index is 1.53. The van der Waals surface area contributed by atoms with Crippen LogP contribution in [0, 0.1) is 0 Å². The number of amides is 1. The molecule has 3 aromatic rings. The summed E-state index contributed by atoms with van der Waals surface area (Å²) < 4.78 is 27.0. The van der Waals surface area contributed by atoms with Crippen molar-refractivity contribution < 1.29 is 28.2 Å². The number of hydrogen-bond acceptors (Lipinski definition) is 8. The molecule has 2 heterocycles. The Morgan fingerprint density at radius 1 is 1.00 bits per heavy atom. The van der Waals surface area contributed by atoms with E-state index in [4.69, 9.17) is 23.4 Å². The van der Waals surface area contributed by atoms with Crippen LogP contribution in [0.1, 0.15) is 10.4 Å². The van der Waals surface area contributed by atoms with E-state index in [1.807, 2.05) is 0 Å². The molecule has 0 saturated carbocycles. The average Bonchev–Trinajstić information content (AvgIpc) is 3.21. The quantitative estimate of drug-likeness (QED) is 0.717. The fourth-order valence-corrected chi connectivity index (χ4v) is 2.72. The number of aromatic nitrogens is 2. The highest BCUT2D eigenvalue weighted by Crippen LogP contribution is 2.34. The van der Waals surface area contributed by atoms with Crippen molar-refractivity contribution in [2.75, 3.05) is 32.8 Å². The number of rotatable bonds is 5. The van der Waals surface area contributed by atoms with Gasteiger partial charge in [0.2, 0.25) is 5.89 Å². The van der Waals surface area contributed by atoms with Gasteiger partial charge < -0.3 is 23.4 Å². The van der Waals surface area contributed by atoms with Gasteiger partial charge in [0.1, 0.15) is 24.7 Å². The lowest BCUT2D eigenvalue weighted by molar-refractivity contribution is 0.102. The fraction of sp³-hybridized carbons (Fsp3) is 0.211. The molecule has 0 aliphatic carbocycles. The second-order valence-corrected chi connectivity index (χ2v) is 5.79. The first-order chi connectivity index (χ1) is 13.7. The van der Waals surface area contributed by atoms with Gasteiger partial charge in [0.05, 0.1) is 19.8 Å². The number of ether oxygens (including phenoxy) is 4. The lowest BCUT2D eigenvalue weighted by Gasteiger charge is -2.18. The molecule has 0 bridgehead atoms. The summed E-state index contributed by atoms with van der Waals surface area (Å²) in [6.45, 7) is 0.989. The number of hydrogen-bond donors (Lipinski definition) is 1. The lowest BCUT2D eigenvalue weighted by Crippen LogP contribution is -2.15. The Bertz CT molecular complexity index is 1020. The van der Waals surface area contributed by atoms with Crippen LogP contribution in [0.3, 0.4) is 0 Å². The smallest absolute Gasteiger partial charge is 0.322 e. The molecule has 9 heteroatoms. The zero-order valence-corrected chi connectivity index (χ0v) is 15.2. The largest absolute Gasteiger partial charge is 0.497 e. The maximum Gasteiger partial charge on any atom is 0.322 e. The zero-order valence-electron chi connectivity index (χ0n) is 15.2. The van der Waals surface area contributed by atoms with Crippen LogP contribution in [0.5, 0.6) is 23.0 Å². The van der Waals surface area contributed by atoms with Crippen molar-refractivity contribution in [1.29, 1.82) is 0 Å². The second-order valence-electron chi connectivity index (χ2n) is 5.79. The Hall–Kier alpha value is -3.75. The molecule has 1 amide bonds. The number of methoxy groups -OCH3 is 2. The number of anilines is 1. The third kappa shape index (κ3) is 3.41. The summed E-state index contributed by atoms with van der Waals surface area (Å²) in [7, 11) is 3.00. The second kappa shape index (κ2) is 7.47. The Morgan fingerprint density at radius 2 is 1.82 bits per heavy atom. The maximum absolute atomic E-state index is 12.5. The Morgan fingerprint density at radius 3 is 2.61 bits per heavy atom. The monoisotopic (exact) mass is 383 g/mol. The van der Waals surface area contributed by atoms with Crippen LogP contribution in [0.15, 0.2) is 40.8 Å². The van der Waals surface area contributed by atoms with E-state index >= 15 is 0 Å². The molecular weight excluding hydrogens is 366 g/mol. The molecule has 1 aliphatic heterocycles. The minimum Gasteiger partial charge on any atom is -0.497 e. The van der Waals surface area contributed by atoms with Gasteiger partial charge in [-0.1, -0.05) is 5.10 Å². The van der Waals surface area contributed by atoms with E-state index < -0.39 is 5.91 Å². The van der Waals surface area contributed by atoms with Gasteiger partial charge in [-0.3, -0.25) is 10.1 Å². The number of nitrogens with zero attached hydrogens (tertiary/aromatic N) is 2. The number of fused-ring (bicyclic) bond motifs is 1. The van der Waals surface area contributed by atoms with Gasteiger partial charge in [-0.05, 0) is 30.3 Å². The molecule has 0 unspecified atom stereocenters. The third-order valence-corrected chi connectivity index (χ3v) is 4.09. The topological polar surface area (TPSA) is 105 Å². The zero-order chi connectivity index (χ0) is 19.5. The van der Waals surface area contributed by atoms with E-state index in [0.29, 0.717) is 47.3 Å². The van der Waals surface area contributed by atoms with Crippen LogP contribution in [0.4, 0.5) is 6.01 Å². The molecule has 0 fully saturated rings. The normalized spacial score (nSPS) is 12.4. The maximum atomic E-state index is 12.5. The molecule has 0 spiro atoms. The van der Waals surface area contributed by atoms with Crippen LogP contribution < -0.4 is 24.3 Å². The summed E-state index contributed by atoms with van der Waals surface area (Å²) in [5, 5.41) is 10.4. The van der Waals surface area contributed by atoms with E-state index in [2.05, 4.69) is 15.5 Å². The van der Waals surface area contributed by atoms with E-state index in [0.717, 1.165) is 0 Å². The molecule has 0 radical (unpaired) electrons. The molecule has 1 N–H and O–H groups in total. The van der Waals surface area contributed by atoms with E-state index in [1.165, 1.54) is 14.2 Å². The molecule has 1 aromatic heterocycles. The lowest BCUT2D eigenvalue weighted by atomic mass is 10.2. The molecular formula is C19H17N3O6. The summed E-state index contributed by atoms with van der Waals surface area (Å²) in [5.74, 6) is 2.01. The van der Waals surface area contributed by atoms with E-state index in [9.17, 15) is 4.79 Å². The van der Waals surface area contributed by atoms with Crippen molar-refractivity contribution in [3.05, 3.63) is 42.0 Å². The van der Waals surface area contributed by atoms with Crippen molar-refractivity contribution in [1.82, 2.24) is 10.2 Å². The van der Waals surface area contributed by atoms with Gasteiger partial charge in [-0.25, -0.2) is 0 Å². The molecule has 28 heavy (non-hydrogen) atoms. The molecule has 144 valence electrons. The number of benzene rings is 2. The average molecular weight is 383 g/mol. The highest BCUT2D eigenvalue weighted by molar-refractivity contribution is 6.05. The van der Waals surface area contributed by atoms with Crippen LogP contribution in [0.2, 0.25) is 0 Å². The molecule has 2 aromatic carbocycles. The first-order valence-electron chi connectivity index (χ1n) is 8.45. The van der Waals surface area contributed by atoms with E-state index in [1.54, 1.807) is 36.4 Å². The van der Waals surface area contributed by atoms with Gasteiger partial charge in [0.25, 0.3) is 5.91 Å². The Labute approximate surface area is 160 Å². The van der Waals surface area contributed by atoms with Gasteiger partial charge in [-0.2, -0.15) is 0 Å². The van der Waals surface area contributed by atoms with Crippen LogP contribution in [-0.2, 0) is 0 Å². The summed E-state index contributed by atoms with van der Waals surface area (Å²) in [6.07, 6.45) is 0. The third-order valence-electron chi connectivity index (χ3n) is 4.09. The first-order valence-corrected chi connectivity index (χ1v) is 8.45. The van der Waals surface area contributed by atoms with Gasteiger partial charge >= 0.3 is 6.01 Å². The van der Waals surface area contributed by atoms with E-state index in [-0.39, 0.29) is 11.9 Å². The summed E-state index contributed by atoms with van der Waals surface area (Å²) in [4.78, 5) is 12.5. The van der Waals surface area contributed by atoms with Crippen molar-refractivity contribution in [2.45, 2.75) is 0 Å². The predicted molar refractivity (Wildman–Crippen MR) is 98.2 cm³/mol. The number of carbonyl (C=O) groups excluding carboxylic acids is 1. The minimum atomic E-state index is -0.447. The van der Waals surface area contributed by atoms with Crippen molar-refractivity contribution >= 4 is 11.9 Å². The van der Waals surface area contributed by atoms with Gasteiger partial charge in [0.15, 0.2) is 11.5 Å². The highest BCUT2D eigenvalue weighted by Gasteiger charge is 2.18. The van der Waals surface area contributed by atoms with Gasteiger partial charge in [0, 0.05) is 11.6 Å². The van der Waals surface area contributed by atoms with Crippen molar-refractivity contribution in [3.8, 4) is 34.5 Å². The van der Waals surface area contributed by atoms with Crippen LogP contribution in [-0.4, -0.2) is 43.5 Å². The fourth-order valence-electron chi connectivity index (χ4n) is 2.72. The molecule has 9 nitrogen and oxygen atoms in total. The minimum absolute atomic E-state index is 0.0345. The molecule has 4 rings (SSSR count). The van der Waals surface area contributed by atoms with Crippen LogP contribution in [0.25, 0.3) is 11.5 Å². The predicted octanol–water partition coefficient (Wildman–Crippen LogP) is 2.78. The summed E-state index contributed by atoms with van der Waals surface area (Å²) in [5.41, 5.74) is 0.960. The molecule has 0 saturated heterocycles. The molecule has 0 atom stereocenters.